The molecule has 0 aliphatic carbocycles. The molecule has 0 saturated heterocycles. The Kier molecular flexibility index (Phi) is 3.97. The van der Waals surface area contributed by atoms with Crippen molar-refractivity contribution in [2.24, 2.45) is 0 Å². The number of carbonyl (C=O) groups excluding carboxylic acids is 4. The van der Waals surface area contributed by atoms with Gasteiger partial charge in [0.15, 0.2) is 0 Å². The molecule has 2 rings (SSSR count). The third kappa shape index (κ3) is 2.82. The Morgan fingerprint density at radius 3 is 1.50 bits per heavy atom. The molecule has 10 heteroatoms. The quantitative estimate of drug-likeness (QED) is 0.562. The van der Waals surface area contributed by atoms with Crippen LogP contribution in [0.2, 0.25) is 0 Å². The fourth-order valence-electron chi connectivity index (χ4n) is 1.74. The van der Waals surface area contributed by atoms with Crippen molar-refractivity contribution in [3.63, 3.8) is 0 Å². The van der Waals surface area contributed by atoms with E-state index in [1.807, 2.05) is 0 Å². The molecule has 0 spiro atoms. The number of ether oxygens (including phenoxy) is 4. The Labute approximate surface area is 122 Å². The van der Waals surface area contributed by atoms with Crippen LogP contribution in [-0.4, -0.2) is 52.5 Å². The maximum Gasteiger partial charge on any atom is 0.456 e. The lowest BCUT2D eigenvalue weighted by atomic mass is 10.1. The van der Waals surface area contributed by atoms with Crippen LogP contribution < -0.4 is 0 Å². The van der Waals surface area contributed by atoms with Gasteiger partial charge in [-0.15, -0.1) is 0 Å². The normalized spacial score (nSPS) is 22.8. The van der Waals surface area contributed by atoms with Crippen molar-refractivity contribution in [1.29, 1.82) is 0 Å². The Bertz CT molecular complexity index is 547. The summed E-state index contributed by atoms with van der Waals surface area (Å²) in [7, 11) is 0. The number of esters is 4. The molecule has 0 bridgehead atoms. The molecule has 22 heavy (non-hydrogen) atoms. The summed E-state index contributed by atoms with van der Waals surface area (Å²) in [5.41, 5.74) is 0. The van der Waals surface area contributed by atoms with Gasteiger partial charge in [-0.05, 0) is 0 Å². The summed E-state index contributed by atoms with van der Waals surface area (Å²) >= 11 is 0. The Morgan fingerprint density at radius 1 is 0.773 bits per heavy atom. The highest BCUT2D eigenvalue weighted by atomic mass is 16.9. The van der Waals surface area contributed by atoms with E-state index in [2.05, 4.69) is 9.47 Å². The van der Waals surface area contributed by atoms with Crippen LogP contribution in [0.3, 0.4) is 0 Å². The average Bonchev–Trinajstić information content (AvgIpc) is 2.65. The second kappa shape index (κ2) is 5.58. The Balaban J connectivity index is 2.49. The van der Waals surface area contributed by atoms with Gasteiger partial charge in [0.25, 0.3) is 0 Å². The van der Waals surface area contributed by atoms with Gasteiger partial charge in [-0.1, -0.05) is 0 Å². The summed E-state index contributed by atoms with van der Waals surface area (Å²) in [5, 5.41) is 19.4. The van der Waals surface area contributed by atoms with Crippen LogP contribution in [0.15, 0.2) is 24.3 Å². The van der Waals surface area contributed by atoms with E-state index in [1.165, 1.54) is 0 Å². The van der Waals surface area contributed by atoms with Crippen LogP contribution in [-0.2, 0) is 38.1 Å². The number of aliphatic hydroxyl groups excluding tert-OH is 1. The lowest BCUT2D eigenvalue weighted by Gasteiger charge is -2.39. The van der Waals surface area contributed by atoms with E-state index in [1.54, 1.807) is 0 Å². The van der Waals surface area contributed by atoms with E-state index in [0.717, 1.165) is 0 Å². The zero-order chi connectivity index (χ0) is 16.4. The third-order valence-electron chi connectivity index (χ3n) is 2.64. The first-order chi connectivity index (χ1) is 10.3. The second-order valence-corrected chi connectivity index (χ2v) is 4.16. The van der Waals surface area contributed by atoms with Crippen LogP contribution in [0, 0.1) is 0 Å². The van der Waals surface area contributed by atoms with Gasteiger partial charge in [0.05, 0.1) is 13.0 Å². The Morgan fingerprint density at radius 2 is 1.14 bits per heavy atom. The molecule has 2 heterocycles. The summed E-state index contributed by atoms with van der Waals surface area (Å²) in [6, 6.07) is 0. The van der Waals surface area contributed by atoms with Crippen molar-refractivity contribution >= 4 is 23.9 Å². The standard InChI is InChI=1S/C12H10O10/c13-6-5-11(19-7(14)1-2-8(15)20-11)12(18)21-9(16)3-4-10(17)22-12/h1-4,13,18H,5-6H2. The predicted molar refractivity (Wildman–Crippen MR) is 62.0 cm³/mol. The Hall–Kier alpha value is -2.72. The highest BCUT2D eigenvalue weighted by molar-refractivity contribution is 5.95. The topological polar surface area (TPSA) is 146 Å². The minimum Gasteiger partial charge on any atom is -0.409 e. The maximum absolute atomic E-state index is 11.5. The molecule has 0 saturated carbocycles. The fourth-order valence-corrected chi connectivity index (χ4v) is 1.74. The summed E-state index contributed by atoms with van der Waals surface area (Å²) in [6.07, 6.45) is 1.92. The maximum atomic E-state index is 11.5. The number of aliphatic hydroxyl groups is 2. The molecular weight excluding hydrogens is 304 g/mol. The largest absolute Gasteiger partial charge is 0.456 e. The zero-order valence-corrected chi connectivity index (χ0v) is 10.9. The van der Waals surface area contributed by atoms with Crippen molar-refractivity contribution in [1.82, 2.24) is 0 Å². The number of cyclic esters (lactones) is 4. The van der Waals surface area contributed by atoms with Gasteiger partial charge in [0, 0.05) is 24.3 Å². The monoisotopic (exact) mass is 314 g/mol. The third-order valence-corrected chi connectivity index (χ3v) is 2.64. The van der Waals surface area contributed by atoms with E-state index in [9.17, 15) is 24.3 Å². The van der Waals surface area contributed by atoms with E-state index >= 15 is 0 Å². The molecule has 0 unspecified atom stereocenters. The van der Waals surface area contributed by atoms with E-state index in [-0.39, 0.29) is 0 Å². The molecule has 2 N–H and O–H groups in total. The van der Waals surface area contributed by atoms with Crippen LogP contribution in [0.4, 0.5) is 0 Å². The van der Waals surface area contributed by atoms with Crippen LogP contribution in [0.25, 0.3) is 0 Å². The van der Waals surface area contributed by atoms with Gasteiger partial charge < -0.3 is 29.2 Å². The number of hydrogen-bond acceptors (Lipinski definition) is 10. The number of rotatable bonds is 3. The summed E-state index contributed by atoms with van der Waals surface area (Å²) < 4.78 is 18.5. The molecule has 2 aliphatic rings. The van der Waals surface area contributed by atoms with Gasteiger partial charge in [0.2, 0.25) is 0 Å². The van der Waals surface area contributed by atoms with Crippen LogP contribution in [0.5, 0.6) is 0 Å². The van der Waals surface area contributed by atoms with Crippen molar-refractivity contribution in [3.8, 4) is 0 Å². The van der Waals surface area contributed by atoms with Crippen LogP contribution >= 0.6 is 0 Å². The van der Waals surface area contributed by atoms with Gasteiger partial charge in [-0.3, -0.25) is 0 Å². The molecule has 0 atom stereocenters. The van der Waals surface area contributed by atoms with Crippen molar-refractivity contribution in [2.75, 3.05) is 6.61 Å². The average molecular weight is 314 g/mol. The lowest BCUT2D eigenvalue weighted by molar-refractivity contribution is -0.440. The summed E-state index contributed by atoms with van der Waals surface area (Å²) in [4.78, 5) is 45.9. The minimum atomic E-state index is -3.27. The second-order valence-electron chi connectivity index (χ2n) is 4.16. The van der Waals surface area contributed by atoms with Gasteiger partial charge in [0.1, 0.15) is 0 Å². The molecular formula is C12H10O10. The van der Waals surface area contributed by atoms with E-state index in [4.69, 9.17) is 14.6 Å². The highest BCUT2D eigenvalue weighted by Gasteiger charge is 2.65. The highest BCUT2D eigenvalue weighted by Crippen LogP contribution is 2.36. The van der Waals surface area contributed by atoms with E-state index < -0.39 is 48.7 Å². The molecule has 0 aromatic carbocycles. The number of carbonyl (C=O) groups is 4. The zero-order valence-electron chi connectivity index (χ0n) is 10.9. The van der Waals surface area contributed by atoms with Crippen molar-refractivity contribution < 1.29 is 48.3 Å². The van der Waals surface area contributed by atoms with Gasteiger partial charge in [-0.2, -0.15) is 0 Å². The smallest absolute Gasteiger partial charge is 0.409 e. The first kappa shape index (κ1) is 15.7. The molecule has 0 fully saturated rings. The molecule has 118 valence electrons. The van der Waals surface area contributed by atoms with Crippen LogP contribution in [0.1, 0.15) is 6.42 Å². The molecule has 0 radical (unpaired) electrons. The molecule has 2 aliphatic heterocycles. The lowest BCUT2D eigenvalue weighted by Crippen LogP contribution is -2.63. The molecule has 10 nitrogen and oxygen atoms in total. The van der Waals surface area contributed by atoms with Gasteiger partial charge >= 0.3 is 35.6 Å². The van der Waals surface area contributed by atoms with Crippen molar-refractivity contribution in [2.45, 2.75) is 18.2 Å². The first-order valence-corrected chi connectivity index (χ1v) is 5.91. The predicted octanol–water partition coefficient (Wildman–Crippen LogP) is -1.98. The number of hydrogen-bond donors (Lipinski definition) is 2. The summed E-state index contributed by atoms with van der Waals surface area (Å²) in [6.45, 7) is -0.772. The SMILES string of the molecule is O=C1C=CC(=O)OC(O)(C2(CCO)OC(=O)C=CC(=O)O2)O1. The van der Waals surface area contributed by atoms with E-state index in [0.29, 0.717) is 24.3 Å². The molecule has 0 amide bonds. The fraction of sp³-hybridized carbons (Fsp3) is 0.333. The van der Waals surface area contributed by atoms with Crippen molar-refractivity contribution in [3.05, 3.63) is 24.3 Å². The van der Waals surface area contributed by atoms with Gasteiger partial charge in [-0.25, -0.2) is 19.2 Å². The summed E-state index contributed by atoms with van der Waals surface area (Å²) in [5.74, 6) is -10.8. The molecule has 0 aromatic heterocycles. The first-order valence-electron chi connectivity index (χ1n) is 5.91. The minimum absolute atomic E-state index is 0.644. The molecule has 0 aromatic rings.